The highest BCUT2D eigenvalue weighted by Gasteiger charge is 2.19. The van der Waals surface area contributed by atoms with Crippen LogP contribution in [0.15, 0.2) is 52.0 Å². The van der Waals surface area contributed by atoms with Gasteiger partial charge in [0.15, 0.2) is 0 Å². The Morgan fingerprint density at radius 1 is 1.00 bits per heavy atom. The van der Waals surface area contributed by atoms with Crippen LogP contribution in [0.3, 0.4) is 0 Å². The first-order chi connectivity index (χ1) is 10.1. The van der Waals surface area contributed by atoms with Gasteiger partial charge in [0, 0.05) is 10.9 Å². The van der Waals surface area contributed by atoms with Gasteiger partial charge in [-0.05, 0) is 49.4 Å². The van der Waals surface area contributed by atoms with Crippen LogP contribution >= 0.6 is 0 Å². The number of fused-ring (bicyclic) bond motifs is 1. The van der Waals surface area contributed by atoms with Crippen LogP contribution in [0.25, 0.3) is 22.3 Å². The number of oxime groups is 1. The molecule has 0 aliphatic carbocycles. The molecule has 0 aliphatic rings. The predicted molar refractivity (Wildman–Crippen MR) is 79.0 cm³/mol. The van der Waals surface area contributed by atoms with Gasteiger partial charge in [-0.25, -0.2) is 0 Å². The lowest BCUT2D eigenvalue weighted by molar-refractivity contribution is 0.319. The normalized spacial score (nSPS) is 12.0. The van der Waals surface area contributed by atoms with Gasteiger partial charge in [0.2, 0.25) is 0 Å². The fraction of sp³-hybridized carbons (Fsp3) is 0.0625. The maximum atomic E-state index is 9.65. The SMILES string of the molecule is C/C(=N\O)c1c(-c2ccc(O)cc2)oc2ccc(O)cc12. The number of aromatic hydroxyl groups is 2. The number of benzene rings is 2. The molecule has 1 heterocycles. The number of phenols is 2. The molecule has 0 fully saturated rings. The zero-order valence-corrected chi connectivity index (χ0v) is 11.2. The molecule has 3 rings (SSSR count). The molecule has 0 saturated heterocycles. The summed E-state index contributed by atoms with van der Waals surface area (Å²) in [7, 11) is 0. The van der Waals surface area contributed by atoms with Crippen LogP contribution in [0, 0.1) is 0 Å². The standard InChI is InChI=1S/C16H13NO4/c1-9(17-20)15-13-8-12(19)6-7-14(13)21-16(15)10-2-4-11(18)5-3-10/h2-8,18-20H,1H3/b17-9+. The van der Waals surface area contributed by atoms with Crippen LogP contribution < -0.4 is 0 Å². The second kappa shape index (κ2) is 4.86. The predicted octanol–water partition coefficient (Wildman–Crippen LogP) is 3.71. The maximum absolute atomic E-state index is 9.65. The molecular weight excluding hydrogens is 270 g/mol. The molecule has 0 radical (unpaired) electrons. The molecule has 106 valence electrons. The molecule has 2 aromatic carbocycles. The largest absolute Gasteiger partial charge is 0.508 e. The highest BCUT2D eigenvalue weighted by atomic mass is 16.4. The third-order valence-electron chi connectivity index (χ3n) is 3.31. The van der Waals surface area contributed by atoms with E-state index >= 15 is 0 Å². The monoisotopic (exact) mass is 283 g/mol. The lowest BCUT2D eigenvalue weighted by Crippen LogP contribution is -1.95. The number of rotatable bonds is 2. The van der Waals surface area contributed by atoms with Gasteiger partial charge in [-0.15, -0.1) is 0 Å². The van der Waals surface area contributed by atoms with Crippen molar-refractivity contribution in [2.45, 2.75) is 6.92 Å². The van der Waals surface area contributed by atoms with Crippen molar-refractivity contribution in [2.75, 3.05) is 0 Å². The number of hydrogen-bond acceptors (Lipinski definition) is 5. The topological polar surface area (TPSA) is 86.2 Å². The van der Waals surface area contributed by atoms with Crippen molar-refractivity contribution < 1.29 is 19.8 Å². The summed E-state index contributed by atoms with van der Waals surface area (Å²) >= 11 is 0. The summed E-state index contributed by atoms with van der Waals surface area (Å²) in [5.74, 6) is 0.778. The molecular formula is C16H13NO4. The molecule has 0 aliphatic heterocycles. The Hall–Kier alpha value is -2.95. The lowest BCUT2D eigenvalue weighted by atomic mass is 10.0. The van der Waals surface area contributed by atoms with E-state index in [9.17, 15) is 10.2 Å². The molecule has 0 unspecified atom stereocenters. The van der Waals surface area contributed by atoms with E-state index in [1.54, 1.807) is 43.3 Å². The summed E-state index contributed by atoms with van der Waals surface area (Å²) < 4.78 is 5.82. The van der Waals surface area contributed by atoms with Gasteiger partial charge >= 0.3 is 0 Å². The van der Waals surface area contributed by atoms with Gasteiger partial charge in [0.05, 0.1) is 11.3 Å². The van der Waals surface area contributed by atoms with Crippen molar-refractivity contribution in [3.63, 3.8) is 0 Å². The van der Waals surface area contributed by atoms with Crippen molar-refractivity contribution in [2.24, 2.45) is 5.16 Å². The number of hydrogen-bond donors (Lipinski definition) is 3. The molecule has 5 heteroatoms. The van der Waals surface area contributed by atoms with Crippen LogP contribution in [0.1, 0.15) is 12.5 Å². The molecule has 3 N–H and O–H groups in total. The molecule has 21 heavy (non-hydrogen) atoms. The quantitative estimate of drug-likeness (QED) is 0.380. The number of furan rings is 1. The summed E-state index contributed by atoms with van der Waals surface area (Å²) in [6.45, 7) is 1.65. The zero-order chi connectivity index (χ0) is 15.0. The van der Waals surface area contributed by atoms with Gasteiger partial charge in [-0.3, -0.25) is 0 Å². The van der Waals surface area contributed by atoms with E-state index in [-0.39, 0.29) is 11.5 Å². The van der Waals surface area contributed by atoms with Crippen LogP contribution in [0.4, 0.5) is 0 Å². The lowest BCUT2D eigenvalue weighted by Gasteiger charge is -2.02. The molecule has 5 nitrogen and oxygen atoms in total. The minimum absolute atomic E-state index is 0.104. The van der Waals surface area contributed by atoms with E-state index in [0.717, 1.165) is 5.56 Å². The summed E-state index contributed by atoms with van der Waals surface area (Å²) in [5.41, 5.74) is 2.30. The Labute approximate surface area is 120 Å². The van der Waals surface area contributed by atoms with Crippen molar-refractivity contribution in [1.29, 1.82) is 0 Å². The minimum Gasteiger partial charge on any atom is -0.508 e. The average Bonchev–Trinajstić information content (AvgIpc) is 2.85. The highest BCUT2D eigenvalue weighted by molar-refractivity contribution is 6.13. The fourth-order valence-electron chi connectivity index (χ4n) is 2.31. The Bertz CT molecular complexity index is 831. The van der Waals surface area contributed by atoms with Crippen molar-refractivity contribution in [3.05, 3.63) is 48.0 Å². The summed E-state index contributed by atoms with van der Waals surface area (Å²) in [6.07, 6.45) is 0. The fourth-order valence-corrected chi connectivity index (χ4v) is 2.31. The first-order valence-corrected chi connectivity index (χ1v) is 6.34. The smallest absolute Gasteiger partial charge is 0.144 e. The second-order valence-electron chi connectivity index (χ2n) is 4.72. The molecule has 3 aromatic rings. The van der Waals surface area contributed by atoms with E-state index in [1.807, 2.05) is 0 Å². The number of nitrogens with zero attached hydrogens (tertiary/aromatic N) is 1. The Morgan fingerprint density at radius 3 is 2.33 bits per heavy atom. The Morgan fingerprint density at radius 2 is 1.67 bits per heavy atom. The molecule has 0 amide bonds. The van der Waals surface area contributed by atoms with Crippen LogP contribution in [-0.2, 0) is 0 Å². The Balaban J connectivity index is 2.33. The third kappa shape index (κ3) is 2.18. The van der Waals surface area contributed by atoms with E-state index in [4.69, 9.17) is 9.62 Å². The first kappa shape index (κ1) is 13.1. The van der Waals surface area contributed by atoms with Gasteiger partial charge in [-0.2, -0.15) is 0 Å². The minimum atomic E-state index is 0.104. The van der Waals surface area contributed by atoms with Crippen LogP contribution in [0.2, 0.25) is 0 Å². The third-order valence-corrected chi connectivity index (χ3v) is 3.31. The van der Waals surface area contributed by atoms with E-state index in [1.165, 1.54) is 6.07 Å². The van der Waals surface area contributed by atoms with Crippen molar-refractivity contribution in [1.82, 2.24) is 0 Å². The van der Waals surface area contributed by atoms with Gasteiger partial charge in [-0.1, -0.05) is 5.16 Å². The number of phenolic OH excluding ortho intramolecular Hbond substituents is 2. The van der Waals surface area contributed by atoms with E-state index in [0.29, 0.717) is 28.0 Å². The molecule has 0 atom stereocenters. The molecule has 0 bridgehead atoms. The Kier molecular flexibility index (Phi) is 3.02. The molecule has 0 spiro atoms. The van der Waals surface area contributed by atoms with Crippen LogP contribution in [0.5, 0.6) is 11.5 Å². The molecule has 0 saturated carbocycles. The maximum Gasteiger partial charge on any atom is 0.144 e. The average molecular weight is 283 g/mol. The van der Waals surface area contributed by atoms with Gasteiger partial charge < -0.3 is 19.8 Å². The van der Waals surface area contributed by atoms with E-state index in [2.05, 4.69) is 5.16 Å². The van der Waals surface area contributed by atoms with Crippen LogP contribution in [-0.4, -0.2) is 21.1 Å². The summed E-state index contributed by atoms with van der Waals surface area (Å²) in [5, 5.41) is 32.0. The van der Waals surface area contributed by atoms with Gasteiger partial charge in [0.1, 0.15) is 22.8 Å². The summed E-state index contributed by atoms with van der Waals surface area (Å²) in [6, 6.07) is 11.3. The second-order valence-corrected chi connectivity index (χ2v) is 4.72. The zero-order valence-electron chi connectivity index (χ0n) is 11.2. The van der Waals surface area contributed by atoms with E-state index < -0.39 is 0 Å². The van der Waals surface area contributed by atoms with Crippen molar-refractivity contribution >= 4 is 16.7 Å². The summed E-state index contributed by atoms with van der Waals surface area (Å²) in [4.78, 5) is 0. The first-order valence-electron chi connectivity index (χ1n) is 6.34. The molecule has 1 aromatic heterocycles. The van der Waals surface area contributed by atoms with Gasteiger partial charge in [0.25, 0.3) is 0 Å². The highest BCUT2D eigenvalue weighted by Crippen LogP contribution is 2.36. The van der Waals surface area contributed by atoms with Crippen molar-refractivity contribution in [3.8, 4) is 22.8 Å².